The molecule has 1 aromatic rings. The van der Waals surface area contributed by atoms with Gasteiger partial charge >= 0.3 is 0 Å². The number of nitrogens with one attached hydrogen (secondary N) is 1. The first-order valence-electron chi connectivity index (χ1n) is 6.88. The fraction of sp³-hybridized carbons (Fsp3) is 0.533. The number of ether oxygens (including phenoxy) is 1. The van der Waals surface area contributed by atoms with Crippen LogP contribution in [0.4, 0.5) is 5.69 Å². The van der Waals surface area contributed by atoms with Crippen molar-refractivity contribution in [2.75, 3.05) is 24.8 Å². The average molecular weight is 278 g/mol. The molecule has 1 N–H and O–H groups in total. The van der Waals surface area contributed by atoms with E-state index in [0.717, 1.165) is 36.1 Å². The SMILES string of the molecule is CCC1CCSC(Nc2ccccc2CCOC)=N1. The van der Waals surface area contributed by atoms with Crippen LogP contribution >= 0.6 is 11.8 Å². The molecule has 2 rings (SSSR count). The van der Waals surface area contributed by atoms with Crippen LogP contribution in [0.25, 0.3) is 0 Å². The van der Waals surface area contributed by atoms with Crippen molar-refractivity contribution in [1.82, 2.24) is 0 Å². The van der Waals surface area contributed by atoms with Crippen LogP contribution in [0.15, 0.2) is 29.3 Å². The molecule has 4 heteroatoms. The summed E-state index contributed by atoms with van der Waals surface area (Å²) in [7, 11) is 1.74. The Labute approximate surface area is 119 Å². The second-order valence-corrected chi connectivity index (χ2v) is 5.74. The molecule has 0 spiro atoms. The van der Waals surface area contributed by atoms with E-state index in [1.54, 1.807) is 7.11 Å². The third kappa shape index (κ3) is 4.25. The van der Waals surface area contributed by atoms with Crippen molar-refractivity contribution in [3.63, 3.8) is 0 Å². The molecule has 0 saturated carbocycles. The van der Waals surface area contributed by atoms with Gasteiger partial charge in [-0.2, -0.15) is 0 Å². The van der Waals surface area contributed by atoms with Gasteiger partial charge in [0.05, 0.1) is 12.6 Å². The molecular weight excluding hydrogens is 256 g/mol. The van der Waals surface area contributed by atoms with Crippen molar-refractivity contribution in [1.29, 1.82) is 0 Å². The molecule has 1 unspecified atom stereocenters. The molecule has 104 valence electrons. The van der Waals surface area contributed by atoms with Crippen LogP contribution in [-0.2, 0) is 11.2 Å². The zero-order valence-corrected chi connectivity index (χ0v) is 12.5. The molecule has 3 nitrogen and oxygen atoms in total. The zero-order valence-electron chi connectivity index (χ0n) is 11.7. The van der Waals surface area contributed by atoms with E-state index in [1.807, 2.05) is 11.8 Å². The Hall–Kier alpha value is -1.00. The molecule has 0 saturated heterocycles. The number of anilines is 1. The maximum absolute atomic E-state index is 5.16. The summed E-state index contributed by atoms with van der Waals surface area (Å²) in [5, 5.41) is 4.54. The summed E-state index contributed by atoms with van der Waals surface area (Å²) in [6, 6.07) is 8.87. The molecule has 0 fully saturated rings. The Bertz CT molecular complexity index is 434. The number of hydrogen-bond acceptors (Lipinski definition) is 4. The van der Waals surface area contributed by atoms with E-state index in [2.05, 4.69) is 36.5 Å². The molecule has 1 heterocycles. The van der Waals surface area contributed by atoms with Gasteiger partial charge in [0, 0.05) is 18.6 Å². The van der Waals surface area contributed by atoms with Crippen molar-refractivity contribution in [3.05, 3.63) is 29.8 Å². The number of benzene rings is 1. The van der Waals surface area contributed by atoms with E-state index in [9.17, 15) is 0 Å². The van der Waals surface area contributed by atoms with Crippen LogP contribution in [0.2, 0.25) is 0 Å². The third-order valence-corrected chi connectivity index (χ3v) is 4.22. The van der Waals surface area contributed by atoms with Gasteiger partial charge in [-0.05, 0) is 30.9 Å². The van der Waals surface area contributed by atoms with E-state index in [1.165, 1.54) is 12.0 Å². The second kappa shape index (κ2) is 7.56. The van der Waals surface area contributed by atoms with Gasteiger partial charge in [0.15, 0.2) is 5.17 Å². The Morgan fingerprint density at radius 2 is 2.26 bits per heavy atom. The first-order chi connectivity index (χ1) is 9.33. The summed E-state index contributed by atoms with van der Waals surface area (Å²) in [4.78, 5) is 4.75. The summed E-state index contributed by atoms with van der Waals surface area (Å²) >= 11 is 1.82. The van der Waals surface area contributed by atoms with E-state index in [4.69, 9.17) is 9.73 Å². The van der Waals surface area contributed by atoms with Crippen molar-refractivity contribution in [2.45, 2.75) is 32.2 Å². The van der Waals surface area contributed by atoms with Crippen molar-refractivity contribution < 1.29 is 4.74 Å². The minimum atomic E-state index is 0.481. The number of nitrogens with zero attached hydrogens (tertiary/aromatic N) is 1. The third-order valence-electron chi connectivity index (χ3n) is 3.30. The Kier molecular flexibility index (Phi) is 5.73. The lowest BCUT2D eigenvalue weighted by Crippen LogP contribution is -2.20. The average Bonchev–Trinajstić information content (AvgIpc) is 2.46. The monoisotopic (exact) mass is 278 g/mol. The molecule has 0 bridgehead atoms. The smallest absolute Gasteiger partial charge is 0.161 e. The van der Waals surface area contributed by atoms with Crippen LogP contribution in [0, 0.1) is 0 Å². The standard InChI is InChI=1S/C15H22N2OS/c1-3-13-9-11-19-15(16-13)17-14-7-5-4-6-12(14)8-10-18-2/h4-7,13H,3,8-11H2,1-2H3,(H,16,17). The fourth-order valence-corrected chi connectivity index (χ4v) is 3.10. The number of para-hydroxylation sites is 1. The Morgan fingerprint density at radius 1 is 1.42 bits per heavy atom. The fourth-order valence-electron chi connectivity index (χ4n) is 2.11. The van der Waals surface area contributed by atoms with Gasteiger partial charge in [0.25, 0.3) is 0 Å². The lowest BCUT2D eigenvalue weighted by atomic mass is 10.1. The highest BCUT2D eigenvalue weighted by molar-refractivity contribution is 8.14. The number of hydrogen-bond donors (Lipinski definition) is 1. The van der Waals surface area contributed by atoms with Gasteiger partial charge in [-0.3, -0.25) is 4.99 Å². The normalized spacial score (nSPS) is 19.1. The predicted molar refractivity (Wildman–Crippen MR) is 84.2 cm³/mol. The van der Waals surface area contributed by atoms with Crippen LogP contribution < -0.4 is 5.32 Å². The molecule has 0 radical (unpaired) electrons. The Morgan fingerprint density at radius 3 is 3.05 bits per heavy atom. The largest absolute Gasteiger partial charge is 0.384 e. The molecule has 0 aromatic heterocycles. The van der Waals surface area contributed by atoms with Crippen LogP contribution in [-0.4, -0.2) is 30.7 Å². The number of aliphatic imine (C=N–C) groups is 1. The van der Waals surface area contributed by atoms with Gasteiger partial charge in [0.1, 0.15) is 0 Å². The lowest BCUT2D eigenvalue weighted by Gasteiger charge is -2.20. The highest BCUT2D eigenvalue weighted by Gasteiger charge is 2.14. The minimum absolute atomic E-state index is 0.481. The topological polar surface area (TPSA) is 33.6 Å². The summed E-state index contributed by atoms with van der Waals surface area (Å²) in [5.41, 5.74) is 2.44. The van der Waals surface area contributed by atoms with Crippen LogP contribution in [0.3, 0.4) is 0 Å². The number of rotatable bonds is 5. The first kappa shape index (κ1) is 14.4. The second-order valence-electron chi connectivity index (χ2n) is 4.66. The van der Waals surface area contributed by atoms with E-state index in [-0.39, 0.29) is 0 Å². The minimum Gasteiger partial charge on any atom is -0.384 e. The van der Waals surface area contributed by atoms with Gasteiger partial charge < -0.3 is 10.1 Å². The predicted octanol–water partition coefficient (Wildman–Crippen LogP) is 3.56. The molecule has 19 heavy (non-hydrogen) atoms. The molecular formula is C15H22N2OS. The van der Waals surface area contributed by atoms with Crippen LogP contribution in [0.1, 0.15) is 25.3 Å². The first-order valence-corrected chi connectivity index (χ1v) is 7.86. The molecule has 0 amide bonds. The van der Waals surface area contributed by atoms with Crippen molar-refractivity contribution >= 4 is 22.6 Å². The summed E-state index contributed by atoms with van der Waals surface area (Å²) in [5.74, 6) is 1.16. The van der Waals surface area contributed by atoms with Crippen molar-refractivity contribution in [2.24, 2.45) is 4.99 Å². The van der Waals surface area contributed by atoms with Gasteiger partial charge in [0.2, 0.25) is 0 Å². The van der Waals surface area contributed by atoms with Crippen molar-refractivity contribution in [3.8, 4) is 0 Å². The number of methoxy groups -OCH3 is 1. The molecule has 1 atom stereocenters. The maximum atomic E-state index is 5.16. The van der Waals surface area contributed by atoms with E-state index < -0.39 is 0 Å². The van der Waals surface area contributed by atoms with Gasteiger partial charge in [-0.15, -0.1) is 0 Å². The summed E-state index contributed by atoms with van der Waals surface area (Å²) in [6.07, 6.45) is 3.24. The molecule has 0 aliphatic carbocycles. The summed E-state index contributed by atoms with van der Waals surface area (Å²) in [6.45, 7) is 2.95. The molecule has 1 aliphatic rings. The molecule has 1 aliphatic heterocycles. The Balaban J connectivity index is 2.07. The molecule has 1 aromatic carbocycles. The lowest BCUT2D eigenvalue weighted by molar-refractivity contribution is 0.202. The maximum Gasteiger partial charge on any atom is 0.161 e. The zero-order chi connectivity index (χ0) is 13.5. The van der Waals surface area contributed by atoms with Crippen LogP contribution in [0.5, 0.6) is 0 Å². The number of amidine groups is 1. The number of thioether (sulfide) groups is 1. The highest BCUT2D eigenvalue weighted by Crippen LogP contribution is 2.23. The highest BCUT2D eigenvalue weighted by atomic mass is 32.2. The summed E-state index contributed by atoms with van der Waals surface area (Å²) < 4.78 is 5.16. The van der Waals surface area contributed by atoms with Gasteiger partial charge in [-0.1, -0.05) is 36.9 Å². The van der Waals surface area contributed by atoms with E-state index in [0.29, 0.717) is 6.04 Å². The quantitative estimate of drug-likeness (QED) is 0.894. The van der Waals surface area contributed by atoms with E-state index >= 15 is 0 Å². The van der Waals surface area contributed by atoms with Gasteiger partial charge in [-0.25, -0.2) is 0 Å².